The predicted molar refractivity (Wildman–Crippen MR) is 186 cm³/mol. The van der Waals surface area contributed by atoms with Crippen molar-refractivity contribution >= 4 is 17.4 Å². The highest BCUT2D eigenvalue weighted by atomic mass is 16.6. The van der Waals surface area contributed by atoms with Crippen molar-refractivity contribution in [2.75, 3.05) is 21.3 Å². The van der Waals surface area contributed by atoms with Gasteiger partial charge in [0.25, 0.3) is 0 Å². The van der Waals surface area contributed by atoms with Gasteiger partial charge in [-0.2, -0.15) is 0 Å². The van der Waals surface area contributed by atoms with E-state index < -0.39 is 6.29 Å². The van der Waals surface area contributed by atoms with Gasteiger partial charge in [-0.3, -0.25) is 9.59 Å². The van der Waals surface area contributed by atoms with Crippen LogP contribution in [0.5, 0.6) is 5.75 Å². The van der Waals surface area contributed by atoms with Crippen LogP contribution in [-0.2, 0) is 28.5 Å². The number of aromatic nitrogens is 3. The smallest absolute Gasteiger partial charge is 0.306 e. The van der Waals surface area contributed by atoms with E-state index in [0.717, 1.165) is 54.7 Å². The Bertz CT molecular complexity index is 1630. The molecule has 0 spiro atoms. The molecule has 270 valence electrons. The Morgan fingerprint density at radius 3 is 2.48 bits per heavy atom. The van der Waals surface area contributed by atoms with Crippen molar-refractivity contribution < 1.29 is 38.4 Å². The summed E-state index contributed by atoms with van der Waals surface area (Å²) in [6, 6.07) is 7.68. The number of nitrogens with zero attached hydrogens (tertiary/aromatic N) is 3. The highest BCUT2D eigenvalue weighted by molar-refractivity contribution is 5.98. The summed E-state index contributed by atoms with van der Waals surface area (Å²) in [5.41, 5.74) is 3.33. The summed E-state index contributed by atoms with van der Waals surface area (Å²) < 4.78 is 30.2. The van der Waals surface area contributed by atoms with Gasteiger partial charge in [0.1, 0.15) is 23.3 Å². The zero-order chi connectivity index (χ0) is 35.5. The number of methoxy groups -OCH3 is 3. The second kappa shape index (κ2) is 15.5. The quantitative estimate of drug-likeness (QED) is 0.181. The molecule has 2 aromatic rings. The lowest BCUT2D eigenvalue weighted by Crippen LogP contribution is -2.33. The SMILES string of the molecule is CC[C@H]1CCCC[C@@H](C)C(=O)C2=C[C@@H]3[C@@H](C=C(n4cc(-c5ccc(OC)cc5)nn4)C4C[C@@H](O[C@H](O)/C(OC)=C(/C)OC)C[C@H]43)[C@@H]2CC(=O)O1. The molecular formula is C39H51N3O8. The minimum Gasteiger partial charge on any atom is -0.498 e. The number of fused-ring (bicyclic) bond motifs is 5. The molecule has 3 aliphatic carbocycles. The Hall–Kier alpha value is -3.96. The summed E-state index contributed by atoms with van der Waals surface area (Å²) in [5, 5.41) is 20.2. The summed E-state index contributed by atoms with van der Waals surface area (Å²) in [6.45, 7) is 5.79. The number of benzene rings is 1. The van der Waals surface area contributed by atoms with Crippen LogP contribution < -0.4 is 4.74 Å². The highest BCUT2D eigenvalue weighted by Crippen LogP contribution is 2.57. The van der Waals surface area contributed by atoms with Gasteiger partial charge in [0.15, 0.2) is 11.5 Å². The van der Waals surface area contributed by atoms with Crippen LogP contribution in [0.1, 0.15) is 72.1 Å². The van der Waals surface area contributed by atoms with Gasteiger partial charge < -0.3 is 28.8 Å². The first-order chi connectivity index (χ1) is 24.1. The van der Waals surface area contributed by atoms with E-state index in [4.69, 9.17) is 23.7 Å². The lowest BCUT2D eigenvalue weighted by molar-refractivity contribution is -0.151. The number of ether oxygens (including phenoxy) is 5. The lowest BCUT2D eigenvalue weighted by Gasteiger charge is -2.37. The summed E-state index contributed by atoms with van der Waals surface area (Å²) in [4.78, 5) is 27.6. The molecule has 4 aliphatic rings. The normalized spacial score (nSPS) is 31.0. The predicted octanol–water partition coefficient (Wildman–Crippen LogP) is 6.34. The van der Waals surface area contributed by atoms with E-state index in [-0.39, 0.29) is 71.6 Å². The molecule has 1 saturated heterocycles. The van der Waals surface area contributed by atoms with E-state index in [1.165, 1.54) is 14.2 Å². The second-order valence-electron chi connectivity index (χ2n) is 14.2. The molecule has 1 unspecified atom stereocenters. The standard InChI is InChI=1S/C39H51N3O8/c1-7-25-11-9-8-10-22(2)37(44)33-18-29-28-16-27(50-39(45)38(48-6)23(3)46-4)17-32(28)35(19-30(29)31(33)20-36(43)49-25)42-21-34(40-41-42)24-12-14-26(47-5)15-13-24/h12-15,18-19,21-22,25,27-32,39,45H,7-11,16-17,20H2,1-6H3/b38-23+/t22-,25+,27+,28+,29+,30-,31+,32?,39+/m1/s1. The van der Waals surface area contributed by atoms with Crippen LogP contribution in [0.15, 0.2) is 59.7 Å². The topological polar surface area (TPSA) is 131 Å². The minimum absolute atomic E-state index is 0.000327. The molecule has 1 aromatic carbocycles. The summed E-state index contributed by atoms with van der Waals surface area (Å²) in [6.07, 6.45) is 10.2. The van der Waals surface area contributed by atoms with E-state index in [9.17, 15) is 14.7 Å². The number of aliphatic hydroxyl groups is 1. The molecule has 2 fully saturated rings. The number of aliphatic hydroxyl groups excluding tert-OH is 1. The molecule has 50 heavy (non-hydrogen) atoms. The maximum Gasteiger partial charge on any atom is 0.306 e. The van der Waals surface area contributed by atoms with Crippen molar-refractivity contribution in [2.24, 2.45) is 35.5 Å². The number of rotatable bonds is 9. The maximum absolute atomic E-state index is 14.1. The van der Waals surface area contributed by atoms with E-state index in [2.05, 4.69) is 29.4 Å². The van der Waals surface area contributed by atoms with Crippen LogP contribution in [0.4, 0.5) is 0 Å². The monoisotopic (exact) mass is 689 g/mol. The molecule has 9 atom stereocenters. The van der Waals surface area contributed by atoms with Crippen molar-refractivity contribution in [1.29, 1.82) is 0 Å². The van der Waals surface area contributed by atoms with E-state index in [1.54, 1.807) is 14.0 Å². The third-order valence-electron chi connectivity index (χ3n) is 11.3. The molecule has 1 aromatic heterocycles. The van der Waals surface area contributed by atoms with Gasteiger partial charge in [0.2, 0.25) is 6.29 Å². The molecule has 0 amide bonds. The largest absolute Gasteiger partial charge is 0.498 e. The maximum atomic E-state index is 14.1. The molecule has 1 N–H and O–H groups in total. The third kappa shape index (κ3) is 7.26. The molecule has 0 radical (unpaired) electrons. The number of cyclic esters (lactones) is 1. The summed E-state index contributed by atoms with van der Waals surface area (Å²) >= 11 is 0. The van der Waals surface area contributed by atoms with Gasteiger partial charge in [0.05, 0.1) is 40.1 Å². The zero-order valence-electron chi connectivity index (χ0n) is 30.0. The van der Waals surface area contributed by atoms with Crippen molar-refractivity contribution in [3.63, 3.8) is 0 Å². The number of ketones is 1. The van der Waals surface area contributed by atoms with Crippen LogP contribution in [0.3, 0.4) is 0 Å². The molecular weight excluding hydrogens is 638 g/mol. The molecule has 11 nitrogen and oxygen atoms in total. The Kier molecular flexibility index (Phi) is 11.1. The van der Waals surface area contributed by atoms with Gasteiger partial charge in [-0.1, -0.05) is 37.6 Å². The molecule has 0 bridgehead atoms. The molecule has 1 saturated carbocycles. The fourth-order valence-corrected chi connectivity index (χ4v) is 8.58. The molecule has 6 rings (SSSR count). The number of carbonyl (C=O) groups excluding carboxylic acids is 2. The van der Waals surface area contributed by atoms with E-state index >= 15 is 0 Å². The number of esters is 1. The van der Waals surface area contributed by atoms with Crippen LogP contribution >= 0.6 is 0 Å². The number of hydrogen-bond donors (Lipinski definition) is 1. The van der Waals surface area contributed by atoms with Crippen LogP contribution in [0.25, 0.3) is 17.0 Å². The molecule has 2 heterocycles. The first-order valence-corrected chi connectivity index (χ1v) is 18.0. The van der Waals surface area contributed by atoms with Crippen molar-refractivity contribution in [1.82, 2.24) is 15.0 Å². The summed E-state index contributed by atoms with van der Waals surface area (Å²) in [5.74, 6) is 0.820. The number of allylic oxidation sites excluding steroid dienone is 5. The average molecular weight is 690 g/mol. The van der Waals surface area contributed by atoms with Crippen LogP contribution in [0.2, 0.25) is 0 Å². The molecule has 11 heteroatoms. The van der Waals surface area contributed by atoms with Crippen LogP contribution in [0, 0.1) is 35.5 Å². The fraction of sp³-hybridized carbons (Fsp3) is 0.590. The summed E-state index contributed by atoms with van der Waals surface area (Å²) in [7, 11) is 4.63. The Morgan fingerprint density at radius 1 is 1.02 bits per heavy atom. The Morgan fingerprint density at radius 2 is 1.78 bits per heavy atom. The zero-order valence-corrected chi connectivity index (χ0v) is 30.0. The second-order valence-corrected chi connectivity index (χ2v) is 14.2. The highest BCUT2D eigenvalue weighted by Gasteiger charge is 2.53. The average Bonchev–Trinajstić information content (AvgIpc) is 3.86. The number of carbonyl (C=O) groups is 2. The van der Waals surface area contributed by atoms with Gasteiger partial charge in [-0.15, -0.1) is 5.10 Å². The number of Topliss-reactive ketones (excluding diaryl/α,β-unsaturated/α-hetero) is 1. The van der Waals surface area contributed by atoms with Gasteiger partial charge in [-0.25, -0.2) is 4.68 Å². The van der Waals surface area contributed by atoms with Crippen molar-refractivity contribution in [2.45, 2.75) is 90.6 Å². The van der Waals surface area contributed by atoms with Gasteiger partial charge in [0, 0.05) is 29.0 Å². The van der Waals surface area contributed by atoms with Crippen LogP contribution in [-0.4, -0.2) is 71.7 Å². The van der Waals surface area contributed by atoms with Crippen molar-refractivity contribution in [3.8, 4) is 17.0 Å². The van der Waals surface area contributed by atoms with E-state index in [0.29, 0.717) is 24.3 Å². The Labute approximate surface area is 294 Å². The van der Waals surface area contributed by atoms with Gasteiger partial charge in [-0.05, 0) is 93.0 Å². The molecule has 1 aliphatic heterocycles. The van der Waals surface area contributed by atoms with Gasteiger partial charge >= 0.3 is 5.97 Å². The van der Waals surface area contributed by atoms with Crippen molar-refractivity contribution in [3.05, 3.63) is 59.7 Å². The number of hydrogen-bond acceptors (Lipinski definition) is 10. The first-order valence-electron chi connectivity index (χ1n) is 18.0. The van der Waals surface area contributed by atoms with E-state index in [1.807, 2.05) is 42.1 Å². The fourth-order valence-electron chi connectivity index (χ4n) is 8.58. The lowest BCUT2D eigenvalue weighted by atomic mass is 9.69. The Balaban J connectivity index is 1.37. The minimum atomic E-state index is -1.30. The third-order valence-corrected chi connectivity index (χ3v) is 11.3. The first kappa shape index (κ1) is 35.9.